The lowest BCUT2D eigenvalue weighted by atomic mass is 10.1. The van der Waals surface area contributed by atoms with E-state index in [1.807, 2.05) is 24.3 Å². The summed E-state index contributed by atoms with van der Waals surface area (Å²) >= 11 is 0. The average molecular weight is 216 g/mol. The highest BCUT2D eigenvalue weighted by Gasteiger charge is 1.92. The molecule has 0 heterocycles. The Balaban J connectivity index is 2.72. The van der Waals surface area contributed by atoms with Crippen molar-refractivity contribution in [2.45, 2.75) is 0 Å². The van der Waals surface area contributed by atoms with Gasteiger partial charge in [-0.25, -0.2) is 4.79 Å². The minimum atomic E-state index is -0.385. The summed E-state index contributed by atoms with van der Waals surface area (Å²) in [6.07, 6.45) is 3.02. The molecule has 0 saturated carbocycles. The van der Waals surface area contributed by atoms with Crippen molar-refractivity contribution in [3.63, 3.8) is 0 Å². The van der Waals surface area contributed by atoms with Gasteiger partial charge in [-0.3, -0.25) is 0 Å². The molecular formula is C13H12O3. The molecule has 3 nitrogen and oxygen atoms in total. The van der Waals surface area contributed by atoms with Gasteiger partial charge in [-0.15, -0.1) is 0 Å². The van der Waals surface area contributed by atoms with Crippen molar-refractivity contribution in [3.8, 4) is 11.8 Å². The van der Waals surface area contributed by atoms with Gasteiger partial charge in [0.25, 0.3) is 0 Å². The molecule has 1 aromatic carbocycles. The van der Waals surface area contributed by atoms with E-state index in [1.54, 1.807) is 6.08 Å². The van der Waals surface area contributed by atoms with Crippen LogP contribution in [-0.4, -0.2) is 24.8 Å². The van der Waals surface area contributed by atoms with Gasteiger partial charge in [-0.2, -0.15) is 0 Å². The zero-order valence-corrected chi connectivity index (χ0v) is 8.93. The highest BCUT2D eigenvalue weighted by molar-refractivity contribution is 5.86. The van der Waals surface area contributed by atoms with Gasteiger partial charge in [0.2, 0.25) is 0 Å². The molecule has 0 fully saturated rings. The van der Waals surface area contributed by atoms with Gasteiger partial charge in [0.15, 0.2) is 0 Å². The topological polar surface area (TPSA) is 46.5 Å². The molecule has 0 atom stereocenters. The number of esters is 1. The monoisotopic (exact) mass is 216 g/mol. The van der Waals surface area contributed by atoms with Crippen molar-refractivity contribution < 1.29 is 14.6 Å². The predicted molar refractivity (Wildman–Crippen MR) is 61.5 cm³/mol. The van der Waals surface area contributed by atoms with Crippen LogP contribution in [0.1, 0.15) is 11.1 Å². The van der Waals surface area contributed by atoms with E-state index in [0.717, 1.165) is 11.1 Å². The lowest BCUT2D eigenvalue weighted by Gasteiger charge is -1.94. The number of carbonyl (C=O) groups is 1. The standard InChI is InChI=1S/C13H12O3/c1-16-13(15)9-8-12-6-4-11(5-7-12)3-2-10-14/h4-9,14H,10H2,1H3/b9-8+. The molecule has 82 valence electrons. The molecule has 0 spiro atoms. The van der Waals surface area contributed by atoms with Crippen LogP contribution in [-0.2, 0) is 9.53 Å². The molecule has 0 radical (unpaired) electrons. The molecule has 0 amide bonds. The summed E-state index contributed by atoms with van der Waals surface area (Å²) in [6.45, 7) is -0.149. The van der Waals surface area contributed by atoms with Crippen LogP contribution < -0.4 is 0 Å². The molecule has 0 aromatic heterocycles. The highest BCUT2D eigenvalue weighted by atomic mass is 16.5. The third kappa shape index (κ3) is 3.99. The predicted octanol–water partition coefficient (Wildman–Crippen LogP) is 1.22. The van der Waals surface area contributed by atoms with Crippen molar-refractivity contribution in [2.24, 2.45) is 0 Å². The summed E-state index contributed by atoms with van der Waals surface area (Å²) in [7, 11) is 1.33. The van der Waals surface area contributed by atoms with Crippen LogP contribution in [0.5, 0.6) is 0 Å². The molecule has 16 heavy (non-hydrogen) atoms. The number of hydrogen-bond acceptors (Lipinski definition) is 3. The molecule has 0 bridgehead atoms. The van der Waals surface area contributed by atoms with Crippen molar-refractivity contribution in [3.05, 3.63) is 41.5 Å². The summed E-state index contributed by atoms with van der Waals surface area (Å²) in [5, 5.41) is 8.52. The van der Waals surface area contributed by atoms with Crippen LogP contribution in [0.25, 0.3) is 6.08 Å². The Morgan fingerprint density at radius 1 is 1.44 bits per heavy atom. The quantitative estimate of drug-likeness (QED) is 0.459. The Morgan fingerprint density at radius 3 is 2.69 bits per heavy atom. The maximum absolute atomic E-state index is 10.8. The van der Waals surface area contributed by atoms with Gasteiger partial charge < -0.3 is 9.84 Å². The van der Waals surface area contributed by atoms with Gasteiger partial charge in [-0.05, 0) is 23.8 Å². The number of rotatable bonds is 2. The van der Waals surface area contributed by atoms with Crippen LogP contribution in [0.2, 0.25) is 0 Å². The number of methoxy groups -OCH3 is 1. The van der Waals surface area contributed by atoms with Crippen LogP contribution in [0.15, 0.2) is 30.3 Å². The normalized spacial score (nSPS) is 9.62. The lowest BCUT2D eigenvalue weighted by molar-refractivity contribution is -0.134. The minimum absolute atomic E-state index is 0.149. The number of benzene rings is 1. The number of carbonyl (C=O) groups excluding carboxylic acids is 1. The highest BCUT2D eigenvalue weighted by Crippen LogP contribution is 2.05. The number of aliphatic hydroxyl groups is 1. The van der Waals surface area contributed by atoms with E-state index in [-0.39, 0.29) is 12.6 Å². The van der Waals surface area contributed by atoms with Gasteiger partial charge in [-0.1, -0.05) is 24.0 Å². The number of hydrogen-bond donors (Lipinski definition) is 1. The summed E-state index contributed by atoms with van der Waals surface area (Å²) in [4.78, 5) is 10.8. The molecule has 0 aliphatic heterocycles. The Morgan fingerprint density at radius 2 is 2.12 bits per heavy atom. The lowest BCUT2D eigenvalue weighted by Crippen LogP contribution is -1.93. The van der Waals surface area contributed by atoms with Crippen LogP contribution in [0.4, 0.5) is 0 Å². The molecule has 1 rings (SSSR count). The average Bonchev–Trinajstić information content (AvgIpc) is 2.34. The second-order valence-electron chi connectivity index (χ2n) is 2.94. The van der Waals surface area contributed by atoms with Crippen molar-refractivity contribution in [1.29, 1.82) is 0 Å². The molecule has 0 saturated heterocycles. The summed E-state index contributed by atoms with van der Waals surface area (Å²) in [5.41, 5.74) is 1.71. The van der Waals surface area contributed by atoms with Crippen molar-refractivity contribution in [2.75, 3.05) is 13.7 Å². The molecule has 0 unspecified atom stereocenters. The fourth-order valence-electron chi connectivity index (χ4n) is 1.05. The van der Waals surface area contributed by atoms with E-state index < -0.39 is 0 Å². The fourth-order valence-corrected chi connectivity index (χ4v) is 1.05. The van der Waals surface area contributed by atoms with Crippen LogP contribution in [0, 0.1) is 11.8 Å². The smallest absolute Gasteiger partial charge is 0.330 e. The Kier molecular flexibility index (Phi) is 4.84. The maximum Gasteiger partial charge on any atom is 0.330 e. The maximum atomic E-state index is 10.8. The fraction of sp³-hybridized carbons (Fsp3) is 0.154. The van der Waals surface area contributed by atoms with E-state index in [9.17, 15) is 4.79 Å². The van der Waals surface area contributed by atoms with Crippen LogP contribution >= 0.6 is 0 Å². The summed E-state index contributed by atoms with van der Waals surface area (Å²) in [6, 6.07) is 7.31. The van der Waals surface area contributed by atoms with Gasteiger partial charge in [0.05, 0.1) is 7.11 Å². The van der Waals surface area contributed by atoms with Crippen molar-refractivity contribution >= 4 is 12.0 Å². The summed E-state index contributed by atoms with van der Waals surface area (Å²) in [5.74, 6) is 4.95. The first-order valence-electron chi connectivity index (χ1n) is 4.72. The Bertz CT molecular complexity index is 432. The third-order valence-electron chi connectivity index (χ3n) is 1.84. The third-order valence-corrected chi connectivity index (χ3v) is 1.84. The van der Waals surface area contributed by atoms with Gasteiger partial charge >= 0.3 is 5.97 Å². The number of ether oxygens (including phenoxy) is 1. The first kappa shape index (κ1) is 12.0. The zero-order valence-electron chi connectivity index (χ0n) is 8.93. The van der Waals surface area contributed by atoms with E-state index >= 15 is 0 Å². The largest absolute Gasteiger partial charge is 0.466 e. The van der Waals surface area contributed by atoms with Gasteiger partial charge in [0, 0.05) is 11.6 Å². The summed E-state index contributed by atoms with van der Waals surface area (Å²) < 4.78 is 4.47. The van der Waals surface area contributed by atoms with E-state index in [0.29, 0.717) is 0 Å². The first-order chi connectivity index (χ1) is 7.76. The van der Waals surface area contributed by atoms with Crippen molar-refractivity contribution in [1.82, 2.24) is 0 Å². The molecule has 3 heteroatoms. The SMILES string of the molecule is COC(=O)/C=C/c1ccc(C#CCO)cc1. The molecule has 0 aliphatic rings. The van der Waals surface area contributed by atoms with Crippen LogP contribution in [0.3, 0.4) is 0 Å². The van der Waals surface area contributed by atoms with Gasteiger partial charge in [0.1, 0.15) is 6.61 Å². The van der Waals surface area contributed by atoms with E-state index in [4.69, 9.17) is 5.11 Å². The molecule has 1 N–H and O–H groups in total. The second-order valence-corrected chi connectivity index (χ2v) is 2.94. The van der Waals surface area contributed by atoms with E-state index in [1.165, 1.54) is 13.2 Å². The minimum Gasteiger partial charge on any atom is -0.466 e. The Labute approximate surface area is 94.4 Å². The zero-order chi connectivity index (χ0) is 11.8. The first-order valence-corrected chi connectivity index (χ1v) is 4.72. The Hall–Kier alpha value is -2.05. The molecular weight excluding hydrogens is 204 g/mol. The molecule has 0 aliphatic carbocycles. The molecule has 1 aromatic rings. The second kappa shape index (κ2) is 6.44. The number of aliphatic hydroxyl groups excluding tert-OH is 1. The van der Waals surface area contributed by atoms with E-state index in [2.05, 4.69) is 16.6 Å².